The van der Waals surface area contributed by atoms with Crippen molar-refractivity contribution in [3.63, 3.8) is 0 Å². The highest BCUT2D eigenvalue weighted by Gasteiger charge is 2.19. The maximum atomic E-state index is 11.9. The molecule has 7 nitrogen and oxygen atoms in total. The molecule has 0 heterocycles. The second kappa shape index (κ2) is 8.11. The number of benzene rings is 1. The van der Waals surface area contributed by atoms with Gasteiger partial charge in [0.1, 0.15) is 0 Å². The molecule has 1 N–H and O–H groups in total. The molecule has 0 aliphatic heterocycles. The lowest BCUT2D eigenvalue weighted by atomic mass is 10.1. The molecule has 1 aromatic carbocycles. The molecule has 0 aliphatic rings. The average Bonchev–Trinajstić information content (AvgIpc) is 2.44. The predicted molar refractivity (Wildman–Crippen MR) is 80.6 cm³/mol. The highest BCUT2D eigenvalue weighted by molar-refractivity contribution is 5.93. The molecule has 1 aromatic rings. The summed E-state index contributed by atoms with van der Waals surface area (Å²) in [7, 11) is 0. The molecule has 0 aromatic heterocycles. The normalized spacial score (nSPS) is 10.4. The van der Waals surface area contributed by atoms with Gasteiger partial charge in [-0.1, -0.05) is 19.9 Å². The van der Waals surface area contributed by atoms with E-state index in [1.165, 1.54) is 25.1 Å². The highest BCUT2D eigenvalue weighted by Crippen LogP contribution is 2.21. The van der Waals surface area contributed by atoms with Gasteiger partial charge in [0.15, 0.2) is 6.61 Å². The van der Waals surface area contributed by atoms with Gasteiger partial charge in [-0.3, -0.25) is 14.9 Å². The number of esters is 1. The monoisotopic (exact) mass is 308 g/mol. The second-order valence-electron chi connectivity index (χ2n) is 5.32. The number of carbonyl (C=O) groups is 2. The summed E-state index contributed by atoms with van der Waals surface area (Å²) in [6, 6.07) is 4.15. The molecular formula is C15H20N2O5. The summed E-state index contributed by atoms with van der Waals surface area (Å²) in [6.07, 6.45) is 0.837. The molecule has 22 heavy (non-hydrogen) atoms. The maximum absolute atomic E-state index is 11.9. The van der Waals surface area contributed by atoms with Crippen LogP contribution in [0, 0.1) is 23.0 Å². The topological polar surface area (TPSA) is 98.5 Å². The van der Waals surface area contributed by atoms with E-state index in [-0.39, 0.29) is 16.8 Å². The van der Waals surface area contributed by atoms with Crippen molar-refractivity contribution in [3.05, 3.63) is 39.4 Å². The minimum Gasteiger partial charge on any atom is -0.452 e. The van der Waals surface area contributed by atoms with Gasteiger partial charge in [-0.25, -0.2) is 4.79 Å². The number of carbonyl (C=O) groups excluding carboxylic acids is 2. The Morgan fingerprint density at radius 1 is 1.36 bits per heavy atom. The summed E-state index contributed by atoms with van der Waals surface area (Å²) in [5, 5.41) is 13.5. The zero-order valence-electron chi connectivity index (χ0n) is 12.9. The number of ether oxygens (including phenoxy) is 1. The molecule has 0 spiro atoms. The van der Waals surface area contributed by atoms with Gasteiger partial charge < -0.3 is 10.1 Å². The van der Waals surface area contributed by atoms with Gasteiger partial charge in [-0.15, -0.1) is 0 Å². The molecule has 0 aliphatic carbocycles. The third kappa shape index (κ3) is 5.16. The first-order chi connectivity index (χ1) is 10.3. The fraction of sp³-hybridized carbons (Fsp3) is 0.467. The third-order valence-corrected chi connectivity index (χ3v) is 3.10. The zero-order chi connectivity index (χ0) is 16.7. The van der Waals surface area contributed by atoms with E-state index in [2.05, 4.69) is 5.32 Å². The lowest BCUT2D eigenvalue weighted by Gasteiger charge is -2.09. The Hall–Kier alpha value is -2.44. The molecule has 0 saturated heterocycles. The lowest BCUT2D eigenvalue weighted by Crippen LogP contribution is -2.30. The van der Waals surface area contributed by atoms with Gasteiger partial charge in [0.2, 0.25) is 0 Å². The third-order valence-electron chi connectivity index (χ3n) is 3.10. The van der Waals surface area contributed by atoms with E-state index in [0.717, 1.165) is 6.42 Å². The number of rotatable bonds is 7. The average molecular weight is 308 g/mol. The Balaban J connectivity index is 2.58. The van der Waals surface area contributed by atoms with Crippen LogP contribution in [0.15, 0.2) is 18.2 Å². The molecule has 0 fully saturated rings. The van der Waals surface area contributed by atoms with Crippen LogP contribution >= 0.6 is 0 Å². The van der Waals surface area contributed by atoms with Crippen LogP contribution in [0.25, 0.3) is 0 Å². The molecule has 1 amide bonds. The Morgan fingerprint density at radius 3 is 2.64 bits per heavy atom. The van der Waals surface area contributed by atoms with Crippen LogP contribution in [0.2, 0.25) is 0 Å². The van der Waals surface area contributed by atoms with E-state index >= 15 is 0 Å². The number of amides is 1. The second-order valence-corrected chi connectivity index (χ2v) is 5.32. The fourth-order valence-corrected chi connectivity index (χ4v) is 1.80. The van der Waals surface area contributed by atoms with Gasteiger partial charge in [0.05, 0.1) is 10.5 Å². The largest absolute Gasteiger partial charge is 0.452 e. The van der Waals surface area contributed by atoms with Crippen LogP contribution in [0.4, 0.5) is 5.69 Å². The number of nitro benzene ring substituents is 1. The van der Waals surface area contributed by atoms with Crippen LogP contribution in [-0.4, -0.2) is 30.0 Å². The van der Waals surface area contributed by atoms with Gasteiger partial charge >= 0.3 is 5.97 Å². The number of nitro groups is 1. The van der Waals surface area contributed by atoms with Crippen LogP contribution in [0.5, 0.6) is 0 Å². The molecule has 0 unspecified atom stereocenters. The standard InChI is InChI=1S/C15H20N2O5/c1-10(2)7-8-16-14(18)9-22-15(19)12-5-4-6-13(11(12)3)17(20)21/h4-6,10H,7-9H2,1-3H3,(H,16,18). The number of nitrogens with one attached hydrogen (secondary N) is 1. The van der Waals surface area contributed by atoms with Gasteiger partial charge in [-0.2, -0.15) is 0 Å². The van der Waals surface area contributed by atoms with Crippen molar-refractivity contribution >= 4 is 17.6 Å². The minimum atomic E-state index is -0.750. The van der Waals surface area contributed by atoms with Crippen molar-refractivity contribution in [2.75, 3.05) is 13.2 Å². The molecular weight excluding hydrogens is 288 g/mol. The Morgan fingerprint density at radius 2 is 2.05 bits per heavy atom. The van der Waals surface area contributed by atoms with Crippen molar-refractivity contribution in [2.24, 2.45) is 5.92 Å². The van der Waals surface area contributed by atoms with E-state index in [4.69, 9.17) is 4.74 Å². The number of hydrogen-bond acceptors (Lipinski definition) is 5. The summed E-state index contributed by atoms with van der Waals surface area (Å²) >= 11 is 0. The summed E-state index contributed by atoms with van der Waals surface area (Å²) in [5.41, 5.74) is 0.151. The quantitative estimate of drug-likeness (QED) is 0.473. The Labute approximate surface area is 128 Å². The van der Waals surface area contributed by atoms with E-state index in [1.807, 2.05) is 13.8 Å². The summed E-state index contributed by atoms with van der Waals surface area (Å²) in [6.45, 7) is 5.66. The summed E-state index contributed by atoms with van der Waals surface area (Å²) < 4.78 is 4.89. The molecule has 7 heteroatoms. The molecule has 120 valence electrons. The van der Waals surface area contributed by atoms with E-state index in [9.17, 15) is 19.7 Å². The van der Waals surface area contributed by atoms with Crippen LogP contribution in [0.1, 0.15) is 36.2 Å². The summed E-state index contributed by atoms with van der Waals surface area (Å²) in [5.74, 6) is -0.673. The zero-order valence-corrected chi connectivity index (χ0v) is 12.9. The van der Waals surface area contributed by atoms with Crippen LogP contribution < -0.4 is 5.32 Å². The first kappa shape index (κ1) is 17.6. The molecule has 0 atom stereocenters. The lowest BCUT2D eigenvalue weighted by molar-refractivity contribution is -0.385. The Kier molecular flexibility index (Phi) is 6.49. The van der Waals surface area contributed by atoms with Gasteiger partial charge in [0, 0.05) is 18.2 Å². The number of nitrogens with zero attached hydrogens (tertiary/aromatic N) is 1. The maximum Gasteiger partial charge on any atom is 0.339 e. The van der Waals surface area contributed by atoms with Crippen molar-refractivity contribution in [1.29, 1.82) is 0 Å². The molecule has 1 rings (SSSR count). The van der Waals surface area contributed by atoms with E-state index in [0.29, 0.717) is 12.5 Å². The minimum absolute atomic E-state index is 0.0872. The first-order valence-corrected chi connectivity index (χ1v) is 7.00. The SMILES string of the molecule is Cc1c(C(=O)OCC(=O)NCCC(C)C)cccc1[N+](=O)[O-]. The molecule has 0 radical (unpaired) electrons. The van der Waals surface area contributed by atoms with Crippen molar-refractivity contribution in [3.8, 4) is 0 Å². The number of hydrogen-bond donors (Lipinski definition) is 1. The van der Waals surface area contributed by atoms with Crippen molar-refractivity contribution in [2.45, 2.75) is 27.2 Å². The fourth-order valence-electron chi connectivity index (χ4n) is 1.80. The Bertz CT molecular complexity index is 569. The highest BCUT2D eigenvalue weighted by atomic mass is 16.6. The first-order valence-electron chi connectivity index (χ1n) is 7.00. The van der Waals surface area contributed by atoms with Crippen LogP contribution in [-0.2, 0) is 9.53 Å². The predicted octanol–water partition coefficient (Wildman–Crippen LogP) is 2.22. The van der Waals surface area contributed by atoms with Gasteiger partial charge in [-0.05, 0) is 25.3 Å². The molecule has 0 saturated carbocycles. The van der Waals surface area contributed by atoms with Gasteiger partial charge in [0.25, 0.3) is 11.6 Å². The summed E-state index contributed by atoms with van der Waals surface area (Å²) in [4.78, 5) is 33.7. The van der Waals surface area contributed by atoms with E-state index < -0.39 is 23.4 Å². The van der Waals surface area contributed by atoms with Crippen molar-refractivity contribution < 1.29 is 19.2 Å². The smallest absolute Gasteiger partial charge is 0.339 e. The van der Waals surface area contributed by atoms with Crippen molar-refractivity contribution in [1.82, 2.24) is 5.32 Å². The van der Waals surface area contributed by atoms with E-state index in [1.54, 1.807) is 0 Å². The van der Waals surface area contributed by atoms with Crippen LogP contribution in [0.3, 0.4) is 0 Å². The molecule has 0 bridgehead atoms.